The number of benzene rings is 2. The smallest absolute Gasteiger partial charge is 0.343 e. The van der Waals surface area contributed by atoms with E-state index in [9.17, 15) is 4.79 Å². The Morgan fingerprint density at radius 1 is 0.815 bits per heavy atom. The predicted molar refractivity (Wildman–Crippen MR) is 101 cm³/mol. The maximum Gasteiger partial charge on any atom is 0.343 e. The van der Waals surface area contributed by atoms with E-state index in [4.69, 9.17) is 23.7 Å². The summed E-state index contributed by atoms with van der Waals surface area (Å²) >= 11 is 0. The average Bonchev–Trinajstić information content (AvgIpc) is 3.08. The fourth-order valence-electron chi connectivity index (χ4n) is 2.73. The zero-order valence-electron chi connectivity index (χ0n) is 15.6. The number of cyclic esters (lactones) is 1. The summed E-state index contributed by atoms with van der Waals surface area (Å²) in [5, 5.41) is 0. The molecule has 0 saturated heterocycles. The molecule has 1 aliphatic rings. The Kier molecular flexibility index (Phi) is 5.35. The summed E-state index contributed by atoms with van der Waals surface area (Å²) < 4.78 is 26.5. The second kappa shape index (κ2) is 7.86. The van der Waals surface area contributed by atoms with Crippen LogP contribution in [0.2, 0.25) is 0 Å². The standard InChI is InChI=1S/C21H20O6/c1-23-16-7-5-13(18(12-16)25-3)9-15-11-19(27-21(15)22)14-6-8-17(24-2)20(10-14)26-4/h5-12H,1-4H3/b15-9+. The number of rotatable bonds is 6. The summed E-state index contributed by atoms with van der Waals surface area (Å²) in [5.74, 6) is 2.44. The van der Waals surface area contributed by atoms with Crippen LogP contribution in [0.1, 0.15) is 11.1 Å². The van der Waals surface area contributed by atoms with Crippen LogP contribution < -0.4 is 18.9 Å². The van der Waals surface area contributed by atoms with Gasteiger partial charge in [-0.05, 0) is 42.5 Å². The fourth-order valence-corrected chi connectivity index (χ4v) is 2.73. The molecule has 0 atom stereocenters. The largest absolute Gasteiger partial charge is 0.497 e. The number of methoxy groups -OCH3 is 4. The number of carbonyl (C=O) groups excluding carboxylic acids is 1. The lowest BCUT2D eigenvalue weighted by molar-refractivity contribution is -0.130. The molecule has 0 aliphatic carbocycles. The Bertz CT molecular complexity index is 926. The minimum absolute atomic E-state index is 0.420. The Hall–Kier alpha value is -3.41. The Morgan fingerprint density at radius 2 is 1.56 bits per heavy atom. The van der Waals surface area contributed by atoms with Crippen LogP contribution in [0, 0.1) is 0 Å². The number of ether oxygens (including phenoxy) is 5. The zero-order valence-corrected chi connectivity index (χ0v) is 15.6. The van der Waals surface area contributed by atoms with Crippen molar-refractivity contribution in [2.24, 2.45) is 0 Å². The van der Waals surface area contributed by atoms with Gasteiger partial charge in [0.15, 0.2) is 11.5 Å². The minimum atomic E-state index is -0.433. The molecule has 0 radical (unpaired) electrons. The number of esters is 1. The molecule has 0 saturated carbocycles. The van der Waals surface area contributed by atoms with Gasteiger partial charge in [-0.2, -0.15) is 0 Å². The van der Waals surface area contributed by atoms with Gasteiger partial charge in [-0.1, -0.05) is 0 Å². The van der Waals surface area contributed by atoms with E-state index in [2.05, 4.69) is 0 Å². The van der Waals surface area contributed by atoms with E-state index in [1.54, 1.807) is 70.9 Å². The van der Waals surface area contributed by atoms with Gasteiger partial charge in [0.2, 0.25) is 0 Å². The van der Waals surface area contributed by atoms with Crippen molar-refractivity contribution in [2.75, 3.05) is 28.4 Å². The lowest BCUT2D eigenvalue weighted by Crippen LogP contribution is -1.98. The zero-order chi connectivity index (χ0) is 19.4. The van der Waals surface area contributed by atoms with Gasteiger partial charge >= 0.3 is 5.97 Å². The first kappa shape index (κ1) is 18.4. The van der Waals surface area contributed by atoms with Crippen LogP contribution >= 0.6 is 0 Å². The fraction of sp³-hybridized carbons (Fsp3) is 0.190. The topological polar surface area (TPSA) is 63.2 Å². The average molecular weight is 368 g/mol. The van der Waals surface area contributed by atoms with Crippen molar-refractivity contribution in [3.63, 3.8) is 0 Å². The van der Waals surface area contributed by atoms with Crippen LogP contribution in [0.25, 0.3) is 11.8 Å². The Labute approximate surface area is 157 Å². The molecule has 0 spiro atoms. The molecule has 1 aliphatic heterocycles. The molecular formula is C21H20O6. The van der Waals surface area contributed by atoms with Crippen LogP contribution in [-0.2, 0) is 9.53 Å². The van der Waals surface area contributed by atoms with Gasteiger partial charge in [-0.25, -0.2) is 4.79 Å². The van der Waals surface area contributed by atoms with Crippen molar-refractivity contribution in [2.45, 2.75) is 0 Å². The number of hydrogen-bond acceptors (Lipinski definition) is 6. The van der Waals surface area contributed by atoms with Gasteiger partial charge in [-0.3, -0.25) is 0 Å². The van der Waals surface area contributed by atoms with Crippen LogP contribution in [0.3, 0.4) is 0 Å². The molecule has 2 aromatic rings. The third kappa shape index (κ3) is 3.74. The molecule has 1 heterocycles. The number of hydrogen-bond donors (Lipinski definition) is 0. The van der Waals surface area contributed by atoms with Crippen molar-refractivity contribution in [1.29, 1.82) is 0 Å². The van der Waals surface area contributed by atoms with Crippen LogP contribution in [0.15, 0.2) is 48.0 Å². The van der Waals surface area contributed by atoms with Gasteiger partial charge < -0.3 is 23.7 Å². The van der Waals surface area contributed by atoms with Crippen molar-refractivity contribution < 1.29 is 28.5 Å². The molecule has 0 fully saturated rings. The van der Waals surface area contributed by atoms with Gasteiger partial charge in [-0.15, -0.1) is 0 Å². The van der Waals surface area contributed by atoms with Gasteiger partial charge in [0, 0.05) is 17.2 Å². The highest BCUT2D eigenvalue weighted by Crippen LogP contribution is 2.35. The molecule has 6 nitrogen and oxygen atoms in total. The van der Waals surface area contributed by atoms with Gasteiger partial charge in [0.1, 0.15) is 17.3 Å². The SMILES string of the molecule is COc1ccc(/C=C2\C=C(c3ccc(OC)c(OC)c3)OC2=O)c(OC)c1. The van der Waals surface area contributed by atoms with Crippen LogP contribution in [0.4, 0.5) is 0 Å². The molecule has 6 heteroatoms. The lowest BCUT2D eigenvalue weighted by atomic mass is 10.1. The first-order chi connectivity index (χ1) is 13.1. The molecule has 0 bridgehead atoms. The first-order valence-electron chi connectivity index (χ1n) is 8.19. The summed E-state index contributed by atoms with van der Waals surface area (Å²) in [6.45, 7) is 0. The minimum Gasteiger partial charge on any atom is -0.497 e. The second-order valence-electron chi connectivity index (χ2n) is 5.68. The molecule has 2 aromatic carbocycles. The highest BCUT2D eigenvalue weighted by molar-refractivity contribution is 6.05. The predicted octanol–water partition coefficient (Wildman–Crippen LogP) is 3.70. The monoisotopic (exact) mass is 368 g/mol. The third-order valence-electron chi connectivity index (χ3n) is 4.14. The molecule has 0 aromatic heterocycles. The Morgan fingerprint density at radius 3 is 2.22 bits per heavy atom. The summed E-state index contributed by atoms with van der Waals surface area (Å²) in [6.07, 6.45) is 3.40. The maximum absolute atomic E-state index is 12.3. The van der Waals surface area contributed by atoms with E-state index in [-0.39, 0.29) is 0 Å². The third-order valence-corrected chi connectivity index (χ3v) is 4.14. The van der Waals surface area contributed by atoms with Gasteiger partial charge in [0.05, 0.1) is 34.0 Å². The molecule has 0 amide bonds. The maximum atomic E-state index is 12.3. The van der Waals surface area contributed by atoms with E-state index < -0.39 is 5.97 Å². The van der Waals surface area contributed by atoms with Crippen LogP contribution in [0.5, 0.6) is 23.0 Å². The van der Waals surface area contributed by atoms with Crippen molar-refractivity contribution in [1.82, 2.24) is 0 Å². The lowest BCUT2D eigenvalue weighted by Gasteiger charge is -2.09. The molecule has 0 N–H and O–H groups in total. The van der Waals surface area contributed by atoms with E-state index in [0.29, 0.717) is 39.9 Å². The van der Waals surface area contributed by atoms with Gasteiger partial charge in [0.25, 0.3) is 0 Å². The summed E-state index contributed by atoms with van der Waals surface area (Å²) in [6, 6.07) is 10.7. The highest BCUT2D eigenvalue weighted by Gasteiger charge is 2.23. The van der Waals surface area contributed by atoms with Crippen molar-refractivity contribution in [3.05, 3.63) is 59.2 Å². The first-order valence-corrected chi connectivity index (χ1v) is 8.19. The molecule has 27 heavy (non-hydrogen) atoms. The van der Waals surface area contributed by atoms with E-state index in [0.717, 1.165) is 5.56 Å². The number of carbonyl (C=O) groups is 1. The van der Waals surface area contributed by atoms with Crippen molar-refractivity contribution >= 4 is 17.8 Å². The molecular weight excluding hydrogens is 348 g/mol. The second-order valence-corrected chi connectivity index (χ2v) is 5.68. The molecule has 3 rings (SSSR count). The van der Waals surface area contributed by atoms with E-state index in [1.807, 2.05) is 6.07 Å². The summed E-state index contributed by atoms with van der Waals surface area (Å²) in [7, 11) is 6.27. The van der Waals surface area contributed by atoms with E-state index >= 15 is 0 Å². The highest BCUT2D eigenvalue weighted by atomic mass is 16.5. The normalized spacial score (nSPS) is 14.6. The quantitative estimate of drug-likeness (QED) is 0.572. The van der Waals surface area contributed by atoms with Crippen LogP contribution in [-0.4, -0.2) is 34.4 Å². The summed E-state index contributed by atoms with van der Waals surface area (Å²) in [5.41, 5.74) is 1.88. The molecule has 140 valence electrons. The molecule has 0 unspecified atom stereocenters. The Balaban J connectivity index is 1.96. The van der Waals surface area contributed by atoms with E-state index in [1.165, 1.54) is 0 Å². The summed E-state index contributed by atoms with van der Waals surface area (Å²) in [4.78, 5) is 12.3. The van der Waals surface area contributed by atoms with Crippen molar-refractivity contribution in [3.8, 4) is 23.0 Å².